The lowest BCUT2D eigenvalue weighted by Crippen LogP contribution is -2.24. The van der Waals surface area contributed by atoms with E-state index in [1.54, 1.807) is 38.1 Å². The Balaban J connectivity index is 2.12. The summed E-state index contributed by atoms with van der Waals surface area (Å²) in [5, 5.41) is 22.4. The fourth-order valence-electron chi connectivity index (χ4n) is 2.61. The van der Waals surface area contributed by atoms with E-state index in [2.05, 4.69) is 21.4 Å². The summed E-state index contributed by atoms with van der Waals surface area (Å²) >= 11 is 0. The Hall–Kier alpha value is -3.46. The highest BCUT2D eigenvalue weighted by atomic mass is 16.3. The highest BCUT2D eigenvalue weighted by molar-refractivity contribution is 6.01. The lowest BCUT2D eigenvalue weighted by atomic mass is 10.1. The van der Waals surface area contributed by atoms with Crippen molar-refractivity contribution in [3.8, 4) is 23.1 Å². The van der Waals surface area contributed by atoms with E-state index in [1.165, 1.54) is 0 Å². The number of amides is 1. The van der Waals surface area contributed by atoms with Gasteiger partial charge in [-0.1, -0.05) is 12.1 Å². The lowest BCUT2D eigenvalue weighted by Gasteiger charge is -2.10. The van der Waals surface area contributed by atoms with Crippen LogP contribution in [0.3, 0.4) is 0 Å². The summed E-state index contributed by atoms with van der Waals surface area (Å²) in [7, 11) is 0. The average Bonchev–Trinajstić information content (AvgIpc) is 2.64. The van der Waals surface area contributed by atoms with E-state index in [0.29, 0.717) is 34.4 Å². The maximum atomic E-state index is 12.0. The van der Waals surface area contributed by atoms with Gasteiger partial charge in [0.1, 0.15) is 0 Å². The second-order valence-electron chi connectivity index (χ2n) is 5.54. The van der Waals surface area contributed by atoms with Crippen LogP contribution in [0.25, 0.3) is 22.2 Å². The van der Waals surface area contributed by atoms with Gasteiger partial charge in [-0.25, -0.2) is 9.97 Å². The molecule has 1 amide bonds. The molecular formula is C19H16N4O2. The maximum Gasteiger partial charge on any atom is 0.273 e. The number of aryl methyl sites for hydroxylation is 1. The Morgan fingerprint density at radius 2 is 1.92 bits per heavy atom. The van der Waals surface area contributed by atoms with Crippen LogP contribution < -0.4 is 5.32 Å². The highest BCUT2D eigenvalue weighted by Gasteiger charge is 2.18. The predicted octanol–water partition coefficient (Wildman–Crippen LogP) is 2.93. The van der Waals surface area contributed by atoms with Gasteiger partial charge >= 0.3 is 0 Å². The number of nitrogens with zero attached hydrogens (tertiary/aromatic N) is 3. The zero-order valence-electron chi connectivity index (χ0n) is 13.9. The summed E-state index contributed by atoms with van der Waals surface area (Å²) in [5.41, 5.74) is 3.22. The summed E-state index contributed by atoms with van der Waals surface area (Å²) in [6, 6.07) is 12.7. The van der Waals surface area contributed by atoms with Crippen molar-refractivity contribution in [2.24, 2.45) is 0 Å². The van der Waals surface area contributed by atoms with E-state index in [1.807, 2.05) is 12.1 Å². The molecule has 0 atom stereocenters. The third kappa shape index (κ3) is 3.00. The molecule has 0 spiro atoms. The molecule has 25 heavy (non-hydrogen) atoms. The van der Waals surface area contributed by atoms with Crippen molar-refractivity contribution in [3.63, 3.8) is 0 Å². The van der Waals surface area contributed by atoms with Gasteiger partial charge in [-0.3, -0.25) is 4.79 Å². The van der Waals surface area contributed by atoms with Gasteiger partial charge in [0.15, 0.2) is 11.4 Å². The number of aromatic nitrogens is 2. The summed E-state index contributed by atoms with van der Waals surface area (Å²) in [4.78, 5) is 20.8. The summed E-state index contributed by atoms with van der Waals surface area (Å²) < 4.78 is 0. The number of carbonyl (C=O) groups excluding carboxylic acids is 1. The first kappa shape index (κ1) is 16.4. The fourth-order valence-corrected chi connectivity index (χ4v) is 2.61. The zero-order chi connectivity index (χ0) is 18.0. The number of rotatable bonds is 3. The first-order valence-corrected chi connectivity index (χ1v) is 7.84. The van der Waals surface area contributed by atoms with Crippen LogP contribution in [-0.2, 0) is 0 Å². The normalized spacial score (nSPS) is 10.4. The fraction of sp³-hybridized carbons (Fsp3) is 0.158. The maximum absolute atomic E-state index is 12.0. The van der Waals surface area contributed by atoms with Crippen LogP contribution in [0.5, 0.6) is 5.75 Å². The Bertz CT molecular complexity index is 1000. The number of hydrogen-bond acceptors (Lipinski definition) is 5. The molecule has 3 aromatic rings. The Morgan fingerprint density at radius 1 is 1.20 bits per heavy atom. The van der Waals surface area contributed by atoms with Gasteiger partial charge in [0.25, 0.3) is 5.91 Å². The van der Waals surface area contributed by atoms with E-state index in [0.717, 1.165) is 5.56 Å². The van der Waals surface area contributed by atoms with Gasteiger partial charge in [-0.2, -0.15) is 5.26 Å². The van der Waals surface area contributed by atoms with Gasteiger partial charge in [0.05, 0.1) is 28.5 Å². The third-order valence-electron chi connectivity index (χ3n) is 3.86. The predicted molar refractivity (Wildman–Crippen MR) is 94.1 cm³/mol. The molecule has 3 rings (SSSR count). The molecule has 124 valence electrons. The van der Waals surface area contributed by atoms with E-state index in [-0.39, 0.29) is 11.4 Å². The molecule has 0 bridgehead atoms. The van der Waals surface area contributed by atoms with E-state index in [4.69, 9.17) is 5.26 Å². The van der Waals surface area contributed by atoms with Crippen molar-refractivity contribution in [1.82, 2.24) is 15.3 Å². The molecule has 0 fully saturated rings. The Morgan fingerprint density at radius 3 is 2.56 bits per heavy atom. The smallest absolute Gasteiger partial charge is 0.273 e. The van der Waals surface area contributed by atoms with Crippen LogP contribution in [0.1, 0.15) is 28.7 Å². The molecule has 6 nitrogen and oxygen atoms in total. The van der Waals surface area contributed by atoms with Crippen LogP contribution in [0, 0.1) is 18.3 Å². The minimum Gasteiger partial charge on any atom is -0.505 e. The molecule has 2 aromatic heterocycles. The summed E-state index contributed by atoms with van der Waals surface area (Å²) in [6.07, 6.45) is 0. The summed E-state index contributed by atoms with van der Waals surface area (Å²) in [6.45, 7) is 4.00. The topological polar surface area (TPSA) is 98.9 Å². The molecule has 6 heteroatoms. The first-order chi connectivity index (χ1) is 12.0. The monoisotopic (exact) mass is 332 g/mol. The number of benzene rings is 1. The van der Waals surface area contributed by atoms with Gasteiger partial charge in [0, 0.05) is 17.5 Å². The lowest BCUT2D eigenvalue weighted by molar-refractivity contribution is 0.0948. The molecule has 0 aliphatic carbocycles. The first-order valence-electron chi connectivity index (χ1n) is 7.84. The van der Waals surface area contributed by atoms with E-state index < -0.39 is 5.91 Å². The van der Waals surface area contributed by atoms with Gasteiger partial charge in [-0.15, -0.1) is 0 Å². The van der Waals surface area contributed by atoms with Crippen molar-refractivity contribution in [2.45, 2.75) is 13.8 Å². The van der Waals surface area contributed by atoms with Crippen LogP contribution in [-0.4, -0.2) is 27.5 Å². The average molecular weight is 332 g/mol. The van der Waals surface area contributed by atoms with Crippen molar-refractivity contribution < 1.29 is 9.90 Å². The Labute approximate surface area is 144 Å². The number of hydrogen-bond donors (Lipinski definition) is 2. The van der Waals surface area contributed by atoms with E-state index >= 15 is 0 Å². The molecular weight excluding hydrogens is 316 g/mol. The van der Waals surface area contributed by atoms with Crippen LogP contribution in [0.4, 0.5) is 0 Å². The standard InChI is InChI=1S/C19H16N4O2/c1-3-21-19(25)17-18(24)14-8-9-15(23-16(14)11(2)22-17)13-6-4-12(10-20)5-7-13/h4-9,24H,3H2,1-2H3,(H,21,25). The number of nitrogens with one attached hydrogen (secondary N) is 1. The van der Waals surface area contributed by atoms with Crippen molar-refractivity contribution in [2.75, 3.05) is 6.54 Å². The molecule has 2 N–H and O–H groups in total. The van der Waals surface area contributed by atoms with E-state index in [9.17, 15) is 9.90 Å². The second kappa shape index (κ2) is 6.57. The van der Waals surface area contributed by atoms with Crippen molar-refractivity contribution in [3.05, 3.63) is 53.3 Å². The number of fused-ring (bicyclic) bond motifs is 1. The number of aromatic hydroxyl groups is 1. The molecule has 0 saturated heterocycles. The quantitative estimate of drug-likeness (QED) is 0.768. The van der Waals surface area contributed by atoms with Gasteiger partial charge in [0.2, 0.25) is 0 Å². The summed E-state index contributed by atoms with van der Waals surface area (Å²) in [5.74, 6) is -0.591. The molecule has 0 aliphatic rings. The van der Waals surface area contributed by atoms with Crippen LogP contribution >= 0.6 is 0 Å². The largest absolute Gasteiger partial charge is 0.505 e. The number of nitriles is 1. The molecule has 0 saturated carbocycles. The minimum absolute atomic E-state index is 0.000210. The van der Waals surface area contributed by atoms with Crippen molar-refractivity contribution in [1.29, 1.82) is 5.26 Å². The molecule has 0 radical (unpaired) electrons. The highest BCUT2D eigenvalue weighted by Crippen LogP contribution is 2.30. The number of pyridine rings is 2. The zero-order valence-corrected chi connectivity index (χ0v) is 13.9. The number of carbonyl (C=O) groups is 1. The minimum atomic E-state index is -0.416. The van der Waals surface area contributed by atoms with Gasteiger partial charge < -0.3 is 10.4 Å². The third-order valence-corrected chi connectivity index (χ3v) is 3.86. The second-order valence-corrected chi connectivity index (χ2v) is 5.54. The SMILES string of the molecule is CCNC(=O)c1nc(C)c2nc(-c3ccc(C#N)cc3)ccc2c1O. The molecule has 1 aromatic carbocycles. The molecule has 2 heterocycles. The molecule has 0 unspecified atom stereocenters. The van der Waals surface area contributed by atoms with Gasteiger partial charge in [-0.05, 0) is 38.1 Å². The molecule has 0 aliphatic heterocycles. The van der Waals surface area contributed by atoms with Crippen LogP contribution in [0.15, 0.2) is 36.4 Å². The van der Waals surface area contributed by atoms with Crippen molar-refractivity contribution >= 4 is 16.8 Å². The Kier molecular flexibility index (Phi) is 4.31. The van der Waals surface area contributed by atoms with Crippen LogP contribution in [0.2, 0.25) is 0 Å².